The van der Waals surface area contributed by atoms with Crippen molar-refractivity contribution in [2.24, 2.45) is 0 Å². The second-order valence-electron chi connectivity index (χ2n) is 4.66. The predicted molar refractivity (Wildman–Crippen MR) is 79.3 cm³/mol. The van der Waals surface area contributed by atoms with E-state index in [1.165, 1.54) is 5.56 Å². The summed E-state index contributed by atoms with van der Waals surface area (Å²) in [7, 11) is 0. The molecule has 5 nitrogen and oxygen atoms in total. The predicted octanol–water partition coefficient (Wildman–Crippen LogP) is 2.20. The van der Waals surface area contributed by atoms with Gasteiger partial charge in [-0.05, 0) is 43.5 Å². The summed E-state index contributed by atoms with van der Waals surface area (Å²) in [5.41, 5.74) is 9.81. The van der Waals surface area contributed by atoms with Gasteiger partial charge in [0.05, 0.1) is 5.69 Å². The number of rotatable bonds is 4. The Morgan fingerprint density at radius 3 is 2.55 bits per heavy atom. The van der Waals surface area contributed by atoms with E-state index in [0.29, 0.717) is 17.9 Å². The van der Waals surface area contributed by atoms with Gasteiger partial charge in [0.25, 0.3) is 0 Å². The molecular formula is C15H17N5. The van der Waals surface area contributed by atoms with Gasteiger partial charge in [0, 0.05) is 12.2 Å². The number of aromatic nitrogens is 2. The maximum atomic E-state index is 9.20. The summed E-state index contributed by atoms with van der Waals surface area (Å²) in [6.45, 7) is 4.42. The van der Waals surface area contributed by atoms with Crippen LogP contribution in [0.3, 0.4) is 0 Å². The van der Waals surface area contributed by atoms with Crippen LogP contribution in [-0.2, 0) is 6.42 Å². The van der Waals surface area contributed by atoms with Crippen molar-refractivity contribution in [3.05, 3.63) is 46.6 Å². The summed E-state index contributed by atoms with van der Waals surface area (Å²) in [5, 5.41) is 20.5. The van der Waals surface area contributed by atoms with Crippen molar-refractivity contribution in [1.82, 2.24) is 10.2 Å². The first-order valence-electron chi connectivity index (χ1n) is 6.44. The SMILES string of the molecule is Cc1nnc(NCCc2ccc(N)cc2)c(C#N)c1C. The van der Waals surface area contributed by atoms with E-state index >= 15 is 0 Å². The number of hydrogen-bond acceptors (Lipinski definition) is 5. The average molecular weight is 267 g/mol. The van der Waals surface area contributed by atoms with Crippen molar-refractivity contribution >= 4 is 11.5 Å². The Morgan fingerprint density at radius 1 is 1.20 bits per heavy atom. The molecular weight excluding hydrogens is 250 g/mol. The lowest BCUT2D eigenvalue weighted by Gasteiger charge is -2.09. The fourth-order valence-corrected chi connectivity index (χ4v) is 1.88. The summed E-state index contributed by atoms with van der Waals surface area (Å²) >= 11 is 0. The monoisotopic (exact) mass is 267 g/mol. The highest BCUT2D eigenvalue weighted by Gasteiger charge is 2.09. The van der Waals surface area contributed by atoms with Gasteiger partial charge in [-0.1, -0.05) is 12.1 Å². The molecule has 20 heavy (non-hydrogen) atoms. The van der Waals surface area contributed by atoms with Gasteiger partial charge in [-0.2, -0.15) is 10.4 Å². The Balaban J connectivity index is 2.03. The number of benzene rings is 1. The summed E-state index contributed by atoms with van der Waals surface area (Å²) in [5.74, 6) is 0.547. The van der Waals surface area contributed by atoms with Gasteiger partial charge in [-0.25, -0.2) is 0 Å². The van der Waals surface area contributed by atoms with Crippen molar-refractivity contribution in [3.63, 3.8) is 0 Å². The van der Waals surface area contributed by atoms with Crippen molar-refractivity contribution < 1.29 is 0 Å². The Morgan fingerprint density at radius 2 is 1.90 bits per heavy atom. The number of nitrogen functional groups attached to an aromatic ring is 1. The Kier molecular flexibility index (Phi) is 4.16. The van der Waals surface area contributed by atoms with E-state index in [4.69, 9.17) is 5.73 Å². The lowest BCUT2D eigenvalue weighted by molar-refractivity contribution is 0.927. The van der Waals surface area contributed by atoms with Gasteiger partial charge in [-0.15, -0.1) is 5.10 Å². The van der Waals surface area contributed by atoms with Gasteiger partial charge in [0.1, 0.15) is 11.6 Å². The smallest absolute Gasteiger partial charge is 0.166 e. The van der Waals surface area contributed by atoms with Crippen LogP contribution in [0.25, 0.3) is 0 Å². The average Bonchev–Trinajstić information content (AvgIpc) is 2.45. The second-order valence-corrected chi connectivity index (χ2v) is 4.66. The Bertz CT molecular complexity index is 641. The van der Waals surface area contributed by atoms with Crippen LogP contribution in [0.5, 0.6) is 0 Å². The van der Waals surface area contributed by atoms with Crippen molar-refractivity contribution in [1.29, 1.82) is 5.26 Å². The van der Waals surface area contributed by atoms with Crippen LogP contribution in [0, 0.1) is 25.2 Å². The van der Waals surface area contributed by atoms with E-state index in [1.54, 1.807) is 0 Å². The zero-order chi connectivity index (χ0) is 14.5. The minimum absolute atomic E-state index is 0.547. The molecule has 0 bridgehead atoms. The molecule has 0 aliphatic carbocycles. The first-order chi connectivity index (χ1) is 9.61. The van der Waals surface area contributed by atoms with E-state index in [-0.39, 0.29) is 0 Å². The van der Waals surface area contributed by atoms with E-state index in [0.717, 1.165) is 23.4 Å². The van der Waals surface area contributed by atoms with E-state index < -0.39 is 0 Å². The largest absolute Gasteiger partial charge is 0.399 e. The third kappa shape index (κ3) is 3.04. The molecule has 0 atom stereocenters. The van der Waals surface area contributed by atoms with Gasteiger partial charge in [0.2, 0.25) is 0 Å². The molecule has 0 spiro atoms. The molecule has 1 heterocycles. The lowest BCUT2D eigenvalue weighted by Crippen LogP contribution is -2.10. The molecule has 5 heteroatoms. The van der Waals surface area contributed by atoms with Crippen molar-refractivity contribution in [2.45, 2.75) is 20.3 Å². The molecule has 0 amide bonds. The summed E-state index contributed by atoms with van der Waals surface area (Å²) in [6.07, 6.45) is 0.833. The summed E-state index contributed by atoms with van der Waals surface area (Å²) < 4.78 is 0. The number of nitriles is 1. The van der Waals surface area contributed by atoms with E-state index in [1.807, 2.05) is 38.1 Å². The molecule has 0 fully saturated rings. The highest BCUT2D eigenvalue weighted by molar-refractivity contribution is 5.55. The van der Waals surface area contributed by atoms with Crippen molar-refractivity contribution in [3.8, 4) is 6.07 Å². The topological polar surface area (TPSA) is 87.6 Å². The fraction of sp³-hybridized carbons (Fsp3) is 0.267. The molecule has 0 saturated carbocycles. The number of nitrogens with two attached hydrogens (primary N) is 1. The van der Waals surface area contributed by atoms with Crippen LogP contribution < -0.4 is 11.1 Å². The third-order valence-electron chi connectivity index (χ3n) is 3.25. The molecule has 3 N–H and O–H groups in total. The molecule has 0 radical (unpaired) electrons. The zero-order valence-electron chi connectivity index (χ0n) is 11.6. The maximum absolute atomic E-state index is 9.20. The van der Waals surface area contributed by atoms with Crippen LogP contribution in [0.15, 0.2) is 24.3 Å². The molecule has 0 aliphatic rings. The third-order valence-corrected chi connectivity index (χ3v) is 3.25. The molecule has 0 aliphatic heterocycles. The van der Waals surface area contributed by atoms with Crippen LogP contribution in [-0.4, -0.2) is 16.7 Å². The summed E-state index contributed by atoms with van der Waals surface area (Å²) in [4.78, 5) is 0. The van der Waals surface area contributed by atoms with E-state index in [2.05, 4.69) is 21.6 Å². The number of hydrogen-bond donors (Lipinski definition) is 2. The molecule has 0 saturated heterocycles. The molecule has 1 aromatic carbocycles. The highest BCUT2D eigenvalue weighted by Crippen LogP contribution is 2.17. The van der Waals surface area contributed by atoms with E-state index in [9.17, 15) is 5.26 Å². The van der Waals surface area contributed by atoms with Gasteiger partial charge >= 0.3 is 0 Å². The van der Waals surface area contributed by atoms with Gasteiger partial charge in [-0.3, -0.25) is 0 Å². The number of anilines is 2. The molecule has 0 unspecified atom stereocenters. The molecule has 102 valence electrons. The zero-order valence-corrected chi connectivity index (χ0v) is 11.6. The normalized spacial score (nSPS) is 10.1. The number of nitrogens with one attached hydrogen (secondary N) is 1. The van der Waals surface area contributed by atoms with Crippen LogP contribution in [0.1, 0.15) is 22.4 Å². The Labute approximate surface area is 118 Å². The Hall–Kier alpha value is -2.61. The molecule has 2 aromatic rings. The molecule has 1 aromatic heterocycles. The maximum Gasteiger partial charge on any atom is 0.166 e. The number of nitrogens with zero attached hydrogens (tertiary/aromatic N) is 3. The van der Waals surface area contributed by atoms with Crippen molar-refractivity contribution in [2.75, 3.05) is 17.6 Å². The minimum Gasteiger partial charge on any atom is -0.399 e. The molecule has 2 rings (SSSR count). The first-order valence-corrected chi connectivity index (χ1v) is 6.44. The summed E-state index contributed by atoms with van der Waals surface area (Å²) in [6, 6.07) is 9.93. The second kappa shape index (κ2) is 6.02. The standard InChI is InChI=1S/C15H17N5/c1-10-11(2)19-20-15(14(10)9-16)18-8-7-12-3-5-13(17)6-4-12/h3-6H,7-8,17H2,1-2H3,(H,18,20). The first kappa shape index (κ1) is 13.8. The minimum atomic E-state index is 0.547. The highest BCUT2D eigenvalue weighted by atomic mass is 15.2. The van der Waals surface area contributed by atoms with Gasteiger partial charge < -0.3 is 11.1 Å². The number of aryl methyl sites for hydroxylation is 1. The lowest BCUT2D eigenvalue weighted by atomic mass is 10.1. The van der Waals surface area contributed by atoms with Crippen LogP contribution >= 0.6 is 0 Å². The van der Waals surface area contributed by atoms with Crippen LogP contribution in [0.2, 0.25) is 0 Å². The van der Waals surface area contributed by atoms with Gasteiger partial charge in [0.15, 0.2) is 5.82 Å². The quantitative estimate of drug-likeness (QED) is 0.829. The van der Waals surface area contributed by atoms with Crippen LogP contribution in [0.4, 0.5) is 11.5 Å². The fourth-order valence-electron chi connectivity index (χ4n) is 1.88.